The Morgan fingerprint density at radius 2 is 1.86 bits per heavy atom. The van der Waals surface area contributed by atoms with Crippen LogP contribution >= 0.6 is 0 Å². The Morgan fingerprint density at radius 3 is 2.39 bits per heavy atom. The standard InChI is InChI=1S/C17H17N3O.C3H5F2NO/c18-11-13-10-14(6-7-15(13)19)20-16(8-9-17(20)21)12-4-2-1-3-5-12;1-3(4,5)2(6)7/h1-7,10-11,16,18H,8-9,19H2;1H3,(H2,6,7). The third-order valence-electron chi connectivity index (χ3n) is 4.33. The van der Waals surface area contributed by atoms with Gasteiger partial charge in [-0.25, -0.2) is 0 Å². The first-order valence-corrected chi connectivity index (χ1v) is 8.60. The zero-order chi connectivity index (χ0) is 20.9. The number of nitrogens with zero attached hydrogens (tertiary/aromatic N) is 1. The maximum absolute atomic E-state index is 12.3. The van der Waals surface area contributed by atoms with Crippen molar-refractivity contribution in [3.8, 4) is 0 Å². The molecule has 0 aliphatic carbocycles. The maximum atomic E-state index is 12.3. The number of carbonyl (C=O) groups excluding carboxylic acids is 2. The van der Waals surface area contributed by atoms with Gasteiger partial charge in [-0.2, -0.15) is 8.78 Å². The summed E-state index contributed by atoms with van der Waals surface area (Å²) in [7, 11) is 0. The largest absolute Gasteiger partial charge is 0.398 e. The number of benzene rings is 2. The Bertz CT molecular complexity index is 866. The molecule has 5 N–H and O–H groups in total. The SMILES string of the molecule is CC(F)(F)C(N)=O.N=Cc1cc(N2C(=O)CCC2c2ccccc2)ccc1N. The highest BCUT2D eigenvalue weighted by Crippen LogP contribution is 2.37. The van der Waals surface area contributed by atoms with Crippen LogP contribution in [-0.4, -0.2) is 24.0 Å². The van der Waals surface area contributed by atoms with E-state index in [0.717, 1.165) is 17.7 Å². The zero-order valence-corrected chi connectivity index (χ0v) is 15.4. The van der Waals surface area contributed by atoms with Crippen LogP contribution in [-0.2, 0) is 9.59 Å². The Balaban J connectivity index is 0.000000345. The summed E-state index contributed by atoms with van der Waals surface area (Å²) in [5.41, 5.74) is 13.1. The van der Waals surface area contributed by atoms with Crippen molar-refractivity contribution in [2.24, 2.45) is 5.73 Å². The van der Waals surface area contributed by atoms with Crippen molar-refractivity contribution in [1.82, 2.24) is 0 Å². The summed E-state index contributed by atoms with van der Waals surface area (Å²) in [6.07, 6.45) is 2.58. The number of carbonyl (C=O) groups is 2. The number of nitrogen functional groups attached to an aromatic ring is 1. The highest BCUT2D eigenvalue weighted by atomic mass is 19.3. The predicted octanol–water partition coefficient (Wildman–Crippen LogP) is 3.26. The number of nitrogens with two attached hydrogens (primary N) is 2. The number of hydrogen-bond acceptors (Lipinski definition) is 4. The summed E-state index contributed by atoms with van der Waals surface area (Å²) < 4.78 is 22.7. The highest BCUT2D eigenvalue weighted by molar-refractivity contribution is 5.98. The van der Waals surface area contributed by atoms with Crippen LogP contribution in [0.4, 0.5) is 20.2 Å². The van der Waals surface area contributed by atoms with Gasteiger partial charge in [0.25, 0.3) is 5.91 Å². The second-order valence-electron chi connectivity index (χ2n) is 6.44. The third-order valence-corrected chi connectivity index (χ3v) is 4.33. The van der Waals surface area contributed by atoms with Crippen LogP contribution in [0.25, 0.3) is 0 Å². The Kier molecular flexibility index (Phi) is 6.45. The molecule has 0 radical (unpaired) electrons. The summed E-state index contributed by atoms with van der Waals surface area (Å²) in [6, 6.07) is 15.5. The van der Waals surface area contributed by atoms with E-state index in [1.807, 2.05) is 47.4 Å². The molecular formula is C20H22F2N4O2. The molecule has 1 aliphatic rings. The van der Waals surface area contributed by atoms with E-state index in [1.54, 1.807) is 6.07 Å². The van der Waals surface area contributed by atoms with Gasteiger partial charge in [0.2, 0.25) is 5.91 Å². The van der Waals surface area contributed by atoms with E-state index < -0.39 is 11.8 Å². The predicted molar refractivity (Wildman–Crippen MR) is 104 cm³/mol. The minimum atomic E-state index is -3.36. The molecule has 2 aromatic carbocycles. The van der Waals surface area contributed by atoms with E-state index in [0.29, 0.717) is 24.6 Å². The molecule has 1 heterocycles. The van der Waals surface area contributed by atoms with Gasteiger partial charge in [-0.05, 0) is 30.2 Å². The van der Waals surface area contributed by atoms with E-state index in [1.165, 1.54) is 6.21 Å². The van der Waals surface area contributed by atoms with Crippen LogP contribution in [0, 0.1) is 5.41 Å². The van der Waals surface area contributed by atoms with E-state index in [4.69, 9.17) is 11.1 Å². The van der Waals surface area contributed by atoms with Gasteiger partial charge in [-0.1, -0.05) is 30.3 Å². The molecule has 1 fully saturated rings. The molecule has 2 amide bonds. The van der Waals surface area contributed by atoms with Gasteiger partial charge in [-0.15, -0.1) is 0 Å². The first kappa shape index (κ1) is 21.0. The minimum absolute atomic E-state index is 0.0564. The number of hydrogen-bond donors (Lipinski definition) is 3. The quantitative estimate of drug-likeness (QED) is 0.552. The molecule has 148 valence electrons. The van der Waals surface area contributed by atoms with Gasteiger partial charge < -0.3 is 21.8 Å². The lowest BCUT2D eigenvalue weighted by molar-refractivity contribution is -0.139. The van der Waals surface area contributed by atoms with E-state index in [9.17, 15) is 18.4 Å². The number of anilines is 2. The van der Waals surface area contributed by atoms with Crippen LogP contribution in [0.1, 0.15) is 36.9 Å². The molecule has 1 unspecified atom stereocenters. The number of nitrogens with one attached hydrogen (secondary N) is 1. The summed E-state index contributed by atoms with van der Waals surface area (Å²) in [4.78, 5) is 23.6. The molecule has 28 heavy (non-hydrogen) atoms. The topological polar surface area (TPSA) is 113 Å². The molecule has 2 aromatic rings. The molecule has 1 saturated heterocycles. The van der Waals surface area contributed by atoms with Crippen molar-refractivity contribution in [1.29, 1.82) is 5.41 Å². The molecule has 0 aromatic heterocycles. The van der Waals surface area contributed by atoms with Crippen molar-refractivity contribution in [2.45, 2.75) is 31.7 Å². The van der Waals surface area contributed by atoms with Gasteiger partial charge in [-0.3, -0.25) is 9.59 Å². The number of rotatable bonds is 4. The number of alkyl halides is 2. The van der Waals surface area contributed by atoms with Crippen molar-refractivity contribution in [3.63, 3.8) is 0 Å². The average molecular weight is 388 g/mol. The van der Waals surface area contributed by atoms with Crippen molar-refractivity contribution >= 4 is 29.4 Å². The lowest BCUT2D eigenvalue weighted by Gasteiger charge is -2.26. The third kappa shape index (κ3) is 4.91. The van der Waals surface area contributed by atoms with Gasteiger partial charge in [0.15, 0.2) is 0 Å². The fourth-order valence-corrected chi connectivity index (χ4v) is 2.84. The maximum Gasteiger partial charge on any atom is 0.321 e. The molecular weight excluding hydrogens is 366 g/mol. The second-order valence-corrected chi connectivity index (χ2v) is 6.44. The van der Waals surface area contributed by atoms with E-state index >= 15 is 0 Å². The Hall–Kier alpha value is -3.29. The van der Waals surface area contributed by atoms with E-state index in [2.05, 4.69) is 5.73 Å². The van der Waals surface area contributed by atoms with Crippen molar-refractivity contribution in [2.75, 3.05) is 10.6 Å². The van der Waals surface area contributed by atoms with Crippen LogP contribution in [0.5, 0.6) is 0 Å². The normalized spacial score (nSPS) is 16.3. The fraction of sp³-hybridized carbons (Fsp3) is 0.250. The molecule has 3 rings (SSSR count). The summed E-state index contributed by atoms with van der Waals surface area (Å²) in [6.45, 7) is 0.454. The van der Waals surface area contributed by atoms with Crippen LogP contribution in [0.15, 0.2) is 48.5 Å². The fourth-order valence-electron chi connectivity index (χ4n) is 2.84. The van der Waals surface area contributed by atoms with Crippen LogP contribution < -0.4 is 16.4 Å². The Labute approximate surface area is 161 Å². The van der Waals surface area contributed by atoms with Crippen LogP contribution in [0.2, 0.25) is 0 Å². The first-order valence-electron chi connectivity index (χ1n) is 8.60. The number of halogens is 2. The molecule has 1 atom stereocenters. The molecule has 0 saturated carbocycles. The first-order chi connectivity index (χ1) is 13.1. The minimum Gasteiger partial charge on any atom is -0.398 e. The summed E-state index contributed by atoms with van der Waals surface area (Å²) in [5.74, 6) is -4.84. The lowest BCUT2D eigenvalue weighted by atomic mass is 10.0. The van der Waals surface area contributed by atoms with Gasteiger partial charge in [0.1, 0.15) is 0 Å². The lowest BCUT2D eigenvalue weighted by Crippen LogP contribution is -2.31. The van der Waals surface area contributed by atoms with E-state index in [-0.39, 0.29) is 11.9 Å². The summed E-state index contributed by atoms with van der Waals surface area (Å²) >= 11 is 0. The van der Waals surface area contributed by atoms with Gasteiger partial charge in [0, 0.05) is 36.5 Å². The molecule has 1 aliphatic heterocycles. The van der Waals surface area contributed by atoms with Gasteiger partial charge >= 0.3 is 5.92 Å². The van der Waals surface area contributed by atoms with Crippen molar-refractivity contribution in [3.05, 3.63) is 59.7 Å². The molecule has 0 bridgehead atoms. The van der Waals surface area contributed by atoms with Gasteiger partial charge in [0.05, 0.1) is 6.04 Å². The summed E-state index contributed by atoms with van der Waals surface area (Å²) in [5, 5.41) is 7.41. The van der Waals surface area contributed by atoms with Crippen molar-refractivity contribution < 1.29 is 18.4 Å². The Morgan fingerprint density at radius 1 is 1.25 bits per heavy atom. The number of amides is 2. The molecule has 8 heteroatoms. The van der Waals surface area contributed by atoms with Crippen LogP contribution in [0.3, 0.4) is 0 Å². The monoisotopic (exact) mass is 388 g/mol. The zero-order valence-electron chi connectivity index (χ0n) is 15.4. The second kappa shape index (κ2) is 8.60. The average Bonchev–Trinajstić information content (AvgIpc) is 3.04. The highest BCUT2D eigenvalue weighted by Gasteiger charge is 2.33. The number of primary amides is 1. The molecule has 0 spiro atoms. The smallest absolute Gasteiger partial charge is 0.321 e. The molecule has 6 nitrogen and oxygen atoms in total.